The van der Waals surface area contributed by atoms with E-state index in [0.29, 0.717) is 5.13 Å². The summed E-state index contributed by atoms with van der Waals surface area (Å²) >= 11 is 1.32. The summed E-state index contributed by atoms with van der Waals surface area (Å²) in [5, 5.41) is 22.6. The van der Waals surface area contributed by atoms with Gasteiger partial charge in [-0.1, -0.05) is 0 Å². The molecule has 0 aliphatic rings. The van der Waals surface area contributed by atoms with Crippen molar-refractivity contribution < 1.29 is 4.79 Å². The van der Waals surface area contributed by atoms with Gasteiger partial charge in [-0.25, -0.2) is 9.97 Å². The zero-order chi connectivity index (χ0) is 13.8. The van der Waals surface area contributed by atoms with E-state index in [1.54, 1.807) is 6.07 Å². The number of nitriles is 2. The van der Waals surface area contributed by atoms with E-state index in [-0.39, 0.29) is 23.8 Å². The monoisotopic (exact) mass is 272 g/mol. The van der Waals surface area contributed by atoms with Crippen molar-refractivity contribution in [2.45, 2.75) is 13.5 Å². The van der Waals surface area contributed by atoms with Crippen molar-refractivity contribution in [1.82, 2.24) is 14.5 Å². The summed E-state index contributed by atoms with van der Waals surface area (Å²) in [4.78, 5) is 19.6. The fourth-order valence-corrected chi connectivity index (χ4v) is 2.13. The van der Waals surface area contributed by atoms with Crippen molar-refractivity contribution in [2.24, 2.45) is 0 Å². The first-order valence-corrected chi connectivity index (χ1v) is 6.09. The van der Waals surface area contributed by atoms with Crippen LogP contribution in [0.1, 0.15) is 17.1 Å². The van der Waals surface area contributed by atoms with Gasteiger partial charge in [0, 0.05) is 5.38 Å². The Morgan fingerprint density at radius 3 is 2.89 bits per heavy atom. The van der Waals surface area contributed by atoms with Crippen LogP contribution >= 0.6 is 11.3 Å². The molecule has 2 aromatic rings. The number of aryl methyl sites for hydroxylation is 1. The molecule has 1 amide bonds. The Kier molecular flexibility index (Phi) is 3.55. The van der Waals surface area contributed by atoms with E-state index >= 15 is 0 Å². The Labute approximate surface area is 112 Å². The molecule has 2 aromatic heterocycles. The molecule has 0 bridgehead atoms. The van der Waals surface area contributed by atoms with E-state index < -0.39 is 0 Å². The molecule has 0 fully saturated rings. The van der Waals surface area contributed by atoms with Gasteiger partial charge in [-0.3, -0.25) is 4.79 Å². The number of rotatable bonds is 3. The Morgan fingerprint density at radius 2 is 2.32 bits per heavy atom. The van der Waals surface area contributed by atoms with Crippen molar-refractivity contribution >= 4 is 22.4 Å². The number of amides is 1. The molecule has 0 radical (unpaired) electrons. The molecule has 0 aliphatic heterocycles. The summed E-state index contributed by atoms with van der Waals surface area (Å²) < 4.78 is 1.33. The molecule has 0 aromatic carbocycles. The van der Waals surface area contributed by atoms with Crippen LogP contribution in [0.25, 0.3) is 0 Å². The highest BCUT2D eigenvalue weighted by molar-refractivity contribution is 7.13. The smallest absolute Gasteiger partial charge is 0.246 e. The normalized spacial score (nSPS) is 9.63. The summed E-state index contributed by atoms with van der Waals surface area (Å²) in [6.07, 6.45) is 1.30. The number of carbonyl (C=O) groups excluding carboxylic acids is 1. The van der Waals surface area contributed by atoms with Gasteiger partial charge in [0.25, 0.3) is 0 Å². The Bertz CT molecular complexity index is 702. The molecule has 1 N–H and O–H groups in total. The number of nitrogens with zero attached hydrogens (tertiary/aromatic N) is 5. The van der Waals surface area contributed by atoms with E-state index in [1.807, 2.05) is 18.4 Å². The molecular weight excluding hydrogens is 264 g/mol. The first-order valence-electron chi connectivity index (χ1n) is 5.21. The molecule has 7 nitrogen and oxygen atoms in total. The first kappa shape index (κ1) is 12.7. The second-order valence-corrected chi connectivity index (χ2v) is 4.49. The highest BCUT2D eigenvalue weighted by Gasteiger charge is 2.13. The van der Waals surface area contributed by atoms with Crippen molar-refractivity contribution in [3.05, 3.63) is 28.8 Å². The lowest BCUT2D eigenvalue weighted by Crippen LogP contribution is -2.19. The molecule has 94 valence electrons. The van der Waals surface area contributed by atoms with E-state index in [0.717, 1.165) is 5.69 Å². The number of anilines is 1. The van der Waals surface area contributed by atoms with Crippen molar-refractivity contribution in [3.8, 4) is 12.1 Å². The maximum Gasteiger partial charge on any atom is 0.246 e. The van der Waals surface area contributed by atoms with Crippen molar-refractivity contribution in [3.63, 3.8) is 0 Å². The van der Waals surface area contributed by atoms with Gasteiger partial charge >= 0.3 is 0 Å². The average Bonchev–Trinajstić information content (AvgIpc) is 2.95. The summed E-state index contributed by atoms with van der Waals surface area (Å²) in [6.45, 7) is 1.74. The predicted octanol–water partition coefficient (Wildman–Crippen LogP) is 1.03. The fourth-order valence-electron chi connectivity index (χ4n) is 1.43. The number of carbonyl (C=O) groups is 1. The van der Waals surface area contributed by atoms with Crippen LogP contribution in [-0.2, 0) is 11.3 Å². The number of aromatic nitrogens is 3. The molecular formula is C11H8N6OS. The third-order valence-electron chi connectivity index (χ3n) is 2.23. The first-order chi connectivity index (χ1) is 9.13. The number of hydrogen-bond donors (Lipinski definition) is 1. The van der Waals surface area contributed by atoms with E-state index in [2.05, 4.69) is 15.3 Å². The number of imidazole rings is 1. The van der Waals surface area contributed by atoms with Gasteiger partial charge in [0.1, 0.15) is 18.7 Å². The summed E-state index contributed by atoms with van der Waals surface area (Å²) in [5.74, 6) is -0.326. The van der Waals surface area contributed by atoms with Crippen molar-refractivity contribution in [1.29, 1.82) is 10.5 Å². The number of nitrogens with one attached hydrogen (secondary N) is 1. The maximum absolute atomic E-state index is 11.8. The maximum atomic E-state index is 11.8. The van der Waals surface area contributed by atoms with Crippen LogP contribution in [0, 0.1) is 29.6 Å². The lowest BCUT2D eigenvalue weighted by Gasteiger charge is -2.03. The molecule has 2 rings (SSSR count). The third-order valence-corrected chi connectivity index (χ3v) is 3.10. The van der Waals surface area contributed by atoms with Crippen LogP contribution in [0.5, 0.6) is 0 Å². The average molecular weight is 272 g/mol. The zero-order valence-corrected chi connectivity index (χ0v) is 10.7. The molecule has 0 aliphatic carbocycles. The molecule has 0 spiro atoms. The Hall–Kier alpha value is -2.71. The zero-order valence-electron chi connectivity index (χ0n) is 9.91. The van der Waals surface area contributed by atoms with Gasteiger partial charge in [0.15, 0.2) is 16.5 Å². The summed E-state index contributed by atoms with van der Waals surface area (Å²) in [7, 11) is 0. The molecule has 0 atom stereocenters. The highest BCUT2D eigenvalue weighted by atomic mass is 32.1. The Balaban J connectivity index is 2.10. The van der Waals surface area contributed by atoms with Gasteiger partial charge in [-0.15, -0.1) is 11.3 Å². The molecule has 0 saturated carbocycles. The topological polar surface area (TPSA) is 107 Å². The van der Waals surface area contributed by atoms with Gasteiger partial charge in [0.05, 0.1) is 12.0 Å². The van der Waals surface area contributed by atoms with Gasteiger partial charge in [-0.05, 0) is 6.92 Å². The van der Waals surface area contributed by atoms with Crippen molar-refractivity contribution in [2.75, 3.05) is 5.32 Å². The van der Waals surface area contributed by atoms with E-state index in [4.69, 9.17) is 10.5 Å². The van der Waals surface area contributed by atoms with Crippen LogP contribution in [0.3, 0.4) is 0 Å². The standard InChI is InChI=1S/C11H8N6OS/c1-7-5-19-11(15-7)16-10(18)4-17-6-14-8(2-12)9(17)3-13/h5-6H,4H2,1H3,(H,15,16,18). The Morgan fingerprint density at radius 1 is 1.53 bits per heavy atom. The van der Waals surface area contributed by atoms with Crippen LogP contribution in [0.4, 0.5) is 5.13 Å². The minimum Gasteiger partial charge on any atom is -0.312 e. The highest BCUT2D eigenvalue weighted by Crippen LogP contribution is 2.14. The van der Waals surface area contributed by atoms with Gasteiger partial charge < -0.3 is 9.88 Å². The molecule has 0 saturated heterocycles. The van der Waals surface area contributed by atoms with E-state index in [9.17, 15) is 4.79 Å². The minimum atomic E-state index is -0.326. The largest absolute Gasteiger partial charge is 0.312 e. The second-order valence-electron chi connectivity index (χ2n) is 3.64. The molecule has 2 heterocycles. The quantitative estimate of drug-likeness (QED) is 0.897. The van der Waals surface area contributed by atoms with Gasteiger partial charge in [-0.2, -0.15) is 10.5 Å². The number of thiazole rings is 1. The van der Waals surface area contributed by atoms with Crippen LogP contribution in [0.2, 0.25) is 0 Å². The second kappa shape index (κ2) is 5.29. The summed E-state index contributed by atoms with van der Waals surface area (Å²) in [5.41, 5.74) is 0.917. The molecule has 19 heavy (non-hydrogen) atoms. The lowest BCUT2D eigenvalue weighted by atomic mass is 10.3. The lowest BCUT2D eigenvalue weighted by molar-refractivity contribution is -0.116. The van der Waals surface area contributed by atoms with Crippen LogP contribution < -0.4 is 5.32 Å². The van der Waals surface area contributed by atoms with Gasteiger partial charge in [0.2, 0.25) is 5.91 Å². The minimum absolute atomic E-state index is 0.0143. The predicted molar refractivity (Wildman–Crippen MR) is 67.1 cm³/mol. The molecule has 8 heteroatoms. The SMILES string of the molecule is Cc1csc(NC(=O)Cn2cnc(C#N)c2C#N)n1. The number of hydrogen-bond acceptors (Lipinski definition) is 6. The summed E-state index contributed by atoms with van der Waals surface area (Å²) in [6, 6.07) is 3.65. The fraction of sp³-hybridized carbons (Fsp3) is 0.182. The van der Waals surface area contributed by atoms with E-state index in [1.165, 1.54) is 22.2 Å². The van der Waals surface area contributed by atoms with Crippen LogP contribution in [-0.4, -0.2) is 20.4 Å². The van der Waals surface area contributed by atoms with Crippen LogP contribution in [0.15, 0.2) is 11.7 Å². The molecule has 0 unspecified atom stereocenters. The third kappa shape index (κ3) is 2.76.